The van der Waals surface area contributed by atoms with Crippen LogP contribution >= 0.6 is 0 Å². The highest BCUT2D eigenvalue weighted by Crippen LogP contribution is 2.34. The molecule has 0 unspecified atom stereocenters. The Morgan fingerprint density at radius 3 is 0.880 bits per heavy atom. The van der Waals surface area contributed by atoms with Crippen molar-refractivity contribution in [3.63, 3.8) is 0 Å². The van der Waals surface area contributed by atoms with Crippen molar-refractivity contribution in [2.75, 3.05) is 0 Å². The van der Waals surface area contributed by atoms with Crippen LogP contribution in [0, 0.1) is 0 Å². The number of para-hydroxylation sites is 4. The molecule has 0 bridgehead atoms. The van der Waals surface area contributed by atoms with Crippen molar-refractivity contribution in [1.82, 2.24) is 24.1 Å². The fraction of sp³-hybridized carbons (Fsp3) is 0. The van der Waals surface area contributed by atoms with Crippen molar-refractivity contribution in [3.8, 4) is 45.5 Å². The van der Waals surface area contributed by atoms with Crippen molar-refractivity contribution < 1.29 is 0 Å². The number of aromatic nitrogens is 5. The van der Waals surface area contributed by atoms with Crippen LogP contribution in [-0.2, 0) is 0 Å². The number of benzene rings is 7. The zero-order valence-corrected chi connectivity index (χ0v) is 27.0. The first-order chi connectivity index (χ1) is 24.8. The molecule has 0 spiro atoms. The number of nitrogens with zero attached hydrogens (tertiary/aromatic N) is 5. The van der Waals surface area contributed by atoms with Gasteiger partial charge in [-0.25, -0.2) is 15.0 Å². The quantitative estimate of drug-likeness (QED) is 0.188. The summed E-state index contributed by atoms with van der Waals surface area (Å²) in [4.78, 5) is 15.0. The molecule has 0 amide bonds. The standard InChI is InChI=1S/C45H29N5/c1-2-12-30(13-3-1)43-46-44(31-22-26-33(27-23-31)49-39-18-8-4-14-35(39)36-15-5-9-19-40(36)49)48-45(47-43)32-24-28-34(29-25-32)50-41-20-10-6-16-37(41)38-17-7-11-21-42(38)50/h1-29H. The molecule has 0 aliphatic rings. The SMILES string of the molecule is c1ccc(-c2nc(-c3ccc(-n4c5ccccc5c5ccccc54)cc3)nc(-c3ccc(-n4c5ccccc5c5ccccc54)cc3)n2)cc1. The van der Waals surface area contributed by atoms with Crippen LogP contribution in [0.5, 0.6) is 0 Å². The molecule has 0 aliphatic carbocycles. The van der Waals surface area contributed by atoms with Gasteiger partial charge in [-0.15, -0.1) is 0 Å². The Kier molecular flexibility index (Phi) is 6.42. The molecule has 3 aromatic heterocycles. The van der Waals surface area contributed by atoms with Crippen LogP contribution in [-0.4, -0.2) is 24.1 Å². The van der Waals surface area contributed by atoms with Gasteiger partial charge in [0.25, 0.3) is 0 Å². The van der Waals surface area contributed by atoms with Crippen molar-refractivity contribution in [2.24, 2.45) is 0 Å². The highest BCUT2D eigenvalue weighted by atomic mass is 15.0. The van der Waals surface area contributed by atoms with E-state index in [4.69, 9.17) is 15.0 Å². The summed E-state index contributed by atoms with van der Waals surface area (Å²) in [5.41, 5.74) is 9.70. The Bertz CT molecular complexity index is 2560. The second-order valence-electron chi connectivity index (χ2n) is 12.5. The van der Waals surface area contributed by atoms with Gasteiger partial charge in [-0.3, -0.25) is 0 Å². The maximum atomic E-state index is 5.05. The van der Waals surface area contributed by atoms with Gasteiger partial charge in [-0.1, -0.05) is 103 Å². The van der Waals surface area contributed by atoms with Gasteiger partial charge in [0.2, 0.25) is 0 Å². The lowest BCUT2D eigenvalue weighted by Crippen LogP contribution is -2.01. The highest BCUT2D eigenvalue weighted by molar-refractivity contribution is 6.10. The Morgan fingerprint density at radius 1 is 0.260 bits per heavy atom. The van der Waals surface area contributed by atoms with Crippen LogP contribution < -0.4 is 0 Å². The monoisotopic (exact) mass is 639 g/mol. The third-order valence-electron chi connectivity index (χ3n) is 9.59. The Hall–Kier alpha value is -6.85. The predicted octanol–water partition coefficient (Wildman–Crippen LogP) is 11.1. The average molecular weight is 640 g/mol. The third kappa shape index (κ3) is 4.52. The summed E-state index contributed by atoms with van der Waals surface area (Å²) < 4.78 is 4.64. The summed E-state index contributed by atoms with van der Waals surface area (Å²) in [5.74, 6) is 1.91. The summed E-state index contributed by atoms with van der Waals surface area (Å²) in [6.45, 7) is 0. The van der Waals surface area contributed by atoms with E-state index in [1.165, 1.54) is 43.6 Å². The molecule has 0 aliphatic heterocycles. The summed E-state index contributed by atoms with van der Waals surface area (Å²) in [5, 5.41) is 4.97. The van der Waals surface area contributed by atoms with Gasteiger partial charge in [-0.2, -0.15) is 0 Å². The topological polar surface area (TPSA) is 48.5 Å². The average Bonchev–Trinajstić information content (AvgIpc) is 3.71. The molecular formula is C45H29N5. The van der Waals surface area contributed by atoms with Gasteiger partial charge in [0.05, 0.1) is 22.1 Å². The van der Waals surface area contributed by atoms with Crippen LogP contribution in [0.3, 0.4) is 0 Å². The van der Waals surface area contributed by atoms with E-state index in [0.717, 1.165) is 28.1 Å². The lowest BCUT2D eigenvalue weighted by Gasteiger charge is -2.11. The highest BCUT2D eigenvalue weighted by Gasteiger charge is 2.16. The molecule has 0 N–H and O–H groups in total. The maximum Gasteiger partial charge on any atom is 0.164 e. The number of hydrogen-bond donors (Lipinski definition) is 0. The minimum Gasteiger partial charge on any atom is -0.309 e. The lowest BCUT2D eigenvalue weighted by atomic mass is 10.1. The summed E-state index contributed by atoms with van der Waals surface area (Å²) >= 11 is 0. The van der Waals surface area contributed by atoms with Crippen LogP contribution in [0.25, 0.3) is 89.2 Å². The van der Waals surface area contributed by atoms with Gasteiger partial charge < -0.3 is 9.13 Å². The first-order valence-electron chi connectivity index (χ1n) is 16.8. The Morgan fingerprint density at radius 2 is 0.540 bits per heavy atom. The normalized spacial score (nSPS) is 11.6. The largest absolute Gasteiger partial charge is 0.309 e. The van der Waals surface area contributed by atoms with Crippen LogP contribution in [0.4, 0.5) is 0 Å². The molecule has 234 valence electrons. The van der Waals surface area contributed by atoms with E-state index in [1.807, 2.05) is 30.3 Å². The molecule has 50 heavy (non-hydrogen) atoms. The first-order valence-corrected chi connectivity index (χ1v) is 16.8. The van der Waals surface area contributed by atoms with Crippen molar-refractivity contribution in [2.45, 2.75) is 0 Å². The van der Waals surface area contributed by atoms with E-state index < -0.39 is 0 Å². The van der Waals surface area contributed by atoms with Crippen molar-refractivity contribution in [3.05, 3.63) is 176 Å². The molecular weight excluding hydrogens is 611 g/mol. The second-order valence-corrected chi connectivity index (χ2v) is 12.5. The molecule has 0 radical (unpaired) electrons. The lowest BCUT2D eigenvalue weighted by molar-refractivity contribution is 1.07. The number of fused-ring (bicyclic) bond motifs is 6. The van der Waals surface area contributed by atoms with E-state index in [1.54, 1.807) is 0 Å². The molecule has 10 aromatic rings. The maximum absolute atomic E-state index is 5.05. The first kappa shape index (κ1) is 28.2. The molecule has 7 aromatic carbocycles. The molecule has 0 saturated heterocycles. The minimum absolute atomic E-state index is 0.633. The number of hydrogen-bond acceptors (Lipinski definition) is 3. The van der Waals surface area contributed by atoms with Crippen molar-refractivity contribution >= 4 is 43.6 Å². The molecule has 0 saturated carbocycles. The van der Waals surface area contributed by atoms with E-state index in [9.17, 15) is 0 Å². The number of rotatable bonds is 5. The molecule has 5 heteroatoms. The molecule has 0 atom stereocenters. The Balaban J connectivity index is 1.07. The molecule has 3 heterocycles. The van der Waals surface area contributed by atoms with Gasteiger partial charge in [0.15, 0.2) is 17.5 Å². The molecule has 0 fully saturated rings. The van der Waals surface area contributed by atoms with Gasteiger partial charge in [0.1, 0.15) is 0 Å². The van der Waals surface area contributed by atoms with Gasteiger partial charge in [-0.05, 0) is 72.8 Å². The van der Waals surface area contributed by atoms with E-state index in [2.05, 4.69) is 155 Å². The summed E-state index contributed by atoms with van der Waals surface area (Å²) in [7, 11) is 0. The fourth-order valence-corrected chi connectivity index (χ4v) is 7.27. The molecule has 5 nitrogen and oxygen atoms in total. The second kappa shape index (κ2) is 11.4. The summed E-state index contributed by atoms with van der Waals surface area (Å²) in [6.07, 6.45) is 0. The van der Waals surface area contributed by atoms with Crippen LogP contribution in [0.15, 0.2) is 176 Å². The molecule has 10 rings (SSSR count). The van der Waals surface area contributed by atoms with Gasteiger partial charge >= 0.3 is 0 Å². The van der Waals surface area contributed by atoms with Gasteiger partial charge in [0, 0.05) is 49.6 Å². The Labute approximate surface area is 288 Å². The smallest absolute Gasteiger partial charge is 0.164 e. The van der Waals surface area contributed by atoms with Crippen LogP contribution in [0.1, 0.15) is 0 Å². The zero-order valence-electron chi connectivity index (χ0n) is 27.0. The van der Waals surface area contributed by atoms with E-state index in [0.29, 0.717) is 17.5 Å². The summed E-state index contributed by atoms with van der Waals surface area (Å²) in [6, 6.07) is 61.4. The zero-order chi connectivity index (χ0) is 33.0. The van der Waals surface area contributed by atoms with E-state index in [-0.39, 0.29) is 0 Å². The van der Waals surface area contributed by atoms with Crippen molar-refractivity contribution in [1.29, 1.82) is 0 Å². The van der Waals surface area contributed by atoms with Crippen LogP contribution in [0.2, 0.25) is 0 Å². The van der Waals surface area contributed by atoms with E-state index >= 15 is 0 Å². The fourth-order valence-electron chi connectivity index (χ4n) is 7.27. The third-order valence-corrected chi connectivity index (χ3v) is 9.59. The predicted molar refractivity (Wildman–Crippen MR) is 205 cm³/mol. The minimum atomic E-state index is 0.633.